The predicted octanol–water partition coefficient (Wildman–Crippen LogP) is 3.20. The Morgan fingerprint density at radius 3 is 2.44 bits per heavy atom. The van der Waals surface area contributed by atoms with Crippen molar-refractivity contribution in [2.24, 2.45) is 5.41 Å². The molecule has 2 aromatic heterocycles. The van der Waals surface area contributed by atoms with Crippen molar-refractivity contribution in [3.8, 4) is 17.4 Å². The summed E-state index contributed by atoms with van der Waals surface area (Å²) in [5.74, 6) is -0.621. The van der Waals surface area contributed by atoms with Gasteiger partial charge in [0.15, 0.2) is 5.82 Å². The van der Waals surface area contributed by atoms with Crippen LogP contribution in [0.5, 0.6) is 11.6 Å². The number of benzene rings is 1. The molecule has 0 spiro atoms. The van der Waals surface area contributed by atoms with Crippen LogP contribution < -0.4 is 9.46 Å². The molecule has 1 aliphatic rings. The second-order valence-corrected chi connectivity index (χ2v) is 9.49. The van der Waals surface area contributed by atoms with E-state index in [1.807, 2.05) is 4.72 Å². The highest BCUT2D eigenvalue weighted by Gasteiger charge is 2.62. The van der Waals surface area contributed by atoms with E-state index in [1.165, 1.54) is 41.2 Å². The number of aromatic hydroxyl groups is 1. The van der Waals surface area contributed by atoms with E-state index in [2.05, 4.69) is 10.1 Å². The molecule has 34 heavy (non-hydrogen) atoms. The molecular weight excluding hydrogens is 477 g/mol. The van der Waals surface area contributed by atoms with E-state index < -0.39 is 27.5 Å². The average molecular weight is 496 g/mol. The molecule has 0 atom stereocenters. The highest BCUT2D eigenvalue weighted by Crippen LogP contribution is 2.59. The van der Waals surface area contributed by atoms with Gasteiger partial charge in [0.05, 0.1) is 22.5 Å². The topological polar surface area (TPSA) is 123 Å². The minimum atomic E-state index is -4.24. The fourth-order valence-corrected chi connectivity index (χ4v) is 4.18. The lowest BCUT2D eigenvalue weighted by Gasteiger charge is -2.18. The first-order valence-corrected chi connectivity index (χ1v) is 11.6. The van der Waals surface area contributed by atoms with E-state index in [4.69, 9.17) is 4.74 Å². The van der Waals surface area contributed by atoms with Crippen LogP contribution in [0.2, 0.25) is 0 Å². The SMILES string of the molecule is O=C(NS(=O)(=O)c1ccc(O)cc1)c1ccc(-n2ccc(OCCC3(C(F)(F)F)CC3)n2)nc1. The van der Waals surface area contributed by atoms with Gasteiger partial charge in [-0.05, 0) is 55.7 Å². The molecule has 1 saturated carbocycles. The number of carbonyl (C=O) groups excluding carboxylic acids is 1. The van der Waals surface area contributed by atoms with Crippen LogP contribution in [0.25, 0.3) is 5.82 Å². The largest absolute Gasteiger partial charge is 0.508 e. The zero-order valence-corrected chi connectivity index (χ0v) is 18.3. The number of phenolic OH excluding ortho intramolecular Hbond substituents is 1. The number of rotatable bonds is 8. The number of sulfonamides is 1. The van der Waals surface area contributed by atoms with Crippen molar-refractivity contribution in [3.63, 3.8) is 0 Å². The van der Waals surface area contributed by atoms with E-state index in [9.17, 15) is 31.5 Å². The van der Waals surface area contributed by atoms with Crippen molar-refractivity contribution in [2.45, 2.75) is 30.3 Å². The van der Waals surface area contributed by atoms with Gasteiger partial charge >= 0.3 is 6.18 Å². The minimum absolute atomic E-state index is 0.0309. The summed E-state index contributed by atoms with van der Waals surface area (Å²) in [7, 11) is -4.15. The third kappa shape index (κ3) is 4.98. The summed E-state index contributed by atoms with van der Waals surface area (Å²) < 4.78 is 72.1. The lowest BCUT2D eigenvalue weighted by molar-refractivity contribution is -0.190. The van der Waals surface area contributed by atoms with Gasteiger partial charge in [-0.1, -0.05) is 0 Å². The van der Waals surface area contributed by atoms with Gasteiger partial charge in [0.1, 0.15) is 5.75 Å². The second-order valence-electron chi connectivity index (χ2n) is 7.81. The molecular formula is C21H19F3N4O5S. The molecule has 0 bridgehead atoms. The van der Waals surface area contributed by atoms with Crippen molar-refractivity contribution in [2.75, 3.05) is 6.61 Å². The number of carbonyl (C=O) groups is 1. The maximum Gasteiger partial charge on any atom is 0.394 e. The molecule has 3 aromatic rings. The van der Waals surface area contributed by atoms with Crippen LogP contribution in [-0.4, -0.2) is 47.0 Å². The molecule has 1 aliphatic carbocycles. The number of pyridine rings is 1. The highest BCUT2D eigenvalue weighted by atomic mass is 32.2. The Kier molecular flexibility index (Phi) is 5.98. The molecule has 0 radical (unpaired) electrons. The van der Waals surface area contributed by atoms with Gasteiger partial charge in [-0.3, -0.25) is 4.79 Å². The van der Waals surface area contributed by atoms with E-state index >= 15 is 0 Å². The molecule has 180 valence electrons. The number of hydrogen-bond donors (Lipinski definition) is 2. The van der Waals surface area contributed by atoms with Crippen LogP contribution in [0.15, 0.2) is 59.8 Å². The Morgan fingerprint density at radius 2 is 1.85 bits per heavy atom. The van der Waals surface area contributed by atoms with Crippen LogP contribution in [0.1, 0.15) is 29.6 Å². The molecule has 13 heteroatoms. The zero-order chi connectivity index (χ0) is 24.6. The maximum absolute atomic E-state index is 13.0. The standard InChI is InChI=1S/C21H19F3N4O5S/c22-21(23,24)20(8-9-20)10-12-33-18-7-11-28(26-18)17-6-1-14(13-25-17)19(30)27-34(31,32)16-4-2-15(29)3-5-16/h1-7,11,13,29H,8-10,12H2,(H,27,30). The normalized spacial score (nSPS) is 15.0. The van der Waals surface area contributed by atoms with Crippen molar-refractivity contribution in [1.29, 1.82) is 0 Å². The fourth-order valence-electron chi connectivity index (χ4n) is 3.21. The Morgan fingerprint density at radius 1 is 1.15 bits per heavy atom. The molecule has 2 heterocycles. The number of halogens is 3. The fraction of sp³-hybridized carbons (Fsp3) is 0.286. The van der Waals surface area contributed by atoms with Gasteiger partial charge in [0.25, 0.3) is 15.9 Å². The smallest absolute Gasteiger partial charge is 0.394 e. The van der Waals surface area contributed by atoms with Crippen molar-refractivity contribution in [3.05, 3.63) is 60.4 Å². The first kappa shape index (κ1) is 23.5. The van der Waals surface area contributed by atoms with Crippen molar-refractivity contribution >= 4 is 15.9 Å². The van der Waals surface area contributed by atoms with Gasteiger partial charge < -0.3 is 9.84 Å². The van der Waals surface area contributed by atoms with Gasteiger partial charge in [-0.15, -0.1) is 5.10 Å². The van der Waals surface area contributed by atoms with E-state index in [-0.39, 0.29) is 53.8 Å². The number of nitrogens with zero attached hydrogens (tertiary/aromatic N) is 3. The second kappa shape index (κ2) is 8.63. The monoisotopic (exact) mass is 496 g/mol. The number of hydrogen-bond acceptors (Lipinski definition) is 7. The first-order chi connectivity index (χ1) is 16.0. The zero-order valence-electron chi connectivity index (χ0n) is 17.5. The molecule has 0 saturated heterocycles. The van der Waals surface area contributed by atoms with Gasteiger partial charge in [-0.25, -0.2) is 22.8 Å². The molecule has 0 unspecified atom stereocenters. The molecule has 4 rings (SSSR count). The molecule has 1 fully saturated rings. The molecule has 1 aromatic carbocycles. The van der Waals surface area contributed by atoms with Crippen LogP contribution in [-0.2, 0) is 10.0 Å². The lowest BCUT2D eigenvalue weighted by atomic mass is 10.0. The summed E-state index contributed by atoms with van der Waals surface area (Å²) in [5.41, 5.74) is -1.68. The predicted molar refractivity (Wildman–Crippen MR) is 112 cm³/mol. The third-order valence-electron chi connectivity index (χ3n) is 5.47. The summed E-state index contributed by atoms with van der Waals surface area (Å²) in [5, 5.41) is 13.4. The summed E-state index contributed by atoms with van der Waals surface area (Å²) in [6.07, 6.45) is -1.53. The van der Waals surface area contributed by atoms with Crippen LogP contribution >= 0.6 is 0 Å². The summed E-state index contributed by atoms with van der Waals surface area (Å²) >= 11 is 0. The Hall–Kier alpha value is -3.61. The number of amides is 1. The van der Waals surface area contributed by atoms with Crippen LogP contribution in [0, 0.1) is 5.41 Å². The Balaban J connectivity index is 1.36. The molecule has 2 N–H and O–H groups in total. The Bertz CT molecular complexity index is 1290. The lowest BCUT2D eigenvalue weighted by Crippen LogP contribution is -2.30. The highest BCUT2D eigenvalue weighted by molar-refractivity contribution is 7.90. The number of nitrogens with one attached hydrogen (secondary N) is 1. The quantitative estimate of drug-likeness (QED) is 0.491. The van der Waals surface area contributed by atoms with Crippen LogP contribution in [0.4, 0.5) is 13.2 Å². The summed E-state index contributed by atoms with van der Waals surface area (Å²) in [6, 6.07) is 8.89. The number of phenols is 1. The van der Waals surface area contributed by atoms with Gasteiger partial charge in [-0.2, -0.15) is 13.2 Å². The van der Waals surface area contributed by atoms with E-state index in [0.717, 1.165) is 18.3 Å². The van der Waals surface area contributed by atoms with Gasteiger partial charge in [0, 0.05) is 18.5 Å². The number of aromatic nitrogens is 3. The molecule has 1 amide bonds. The van der Waals surface area contributed by atoms with Crippen molar-refractivity contribution in [1.82, 2.24) is 19.5 Å². The van der Waals surface area contributed by atoms with E-state index in [1.54, 1.807) is 0 Å². The van der Waals surface area contributed by atoms with Crippen molar-refractivity contribution < 1.29 is 36.2 Å². The van der Waals surface area contributed by atoms with Gasteiger partial charge in [0.2, 0.25) is 5.88 Å². The molecule has 0 aliphatic heterocycles. The summed E-state index contributed by atoms with van der Waals surface area (Å²) in [4.78, 5) is 16.2. The molecule has 9 nitrogen and oxygen atoms in total. The third-order valence-corrected chi connectivity index (χ3v) is 6.82. The minimum Gasteiger partial charge on any atom is -0.508 e. The maximum atomic E-state index is 13.0. The Labute approximate surface area is 192 Å². The number of alkyl halides is 3. The summed E-state index contributed by atoms with van der Waals surface area (Å²) in [6.45, 7) is -0.126. The first-order valence-electron chi connectivity index (χ1n) is 10.1. The van der Waals surface area contributed by atoms with Crippen LogP contribution in [0.3, 0.4) is 0 Å². The number of ether oxygens (including phenoxy) is 1. The van der Waals surface area contributed by atoms with E-state index in [0.29, 0.717) is 0 Å². The average Bonchev–Trinajstić information content (AvgIpc) is 3.44.